The minimum atomic E-state index is -0.498. The van der Waals surface area contributed by atoms with Crippen LogP contribution in [-0.4, -0.2) is 16.8 Å². The van der Waals surface area contributed by atoms with E-state index in [4.69, 9.17) is 17.3 Å². The summed E-state index contributed by atoms with van der Waals surface area (Å²) in [5.74, 6) is 0.105. The van der Waals surface area contributed by atoms with Gasteiger partial charge in [0.15, 0.2) is 0 Å². The van der Waals surface area contributed by atoms with E-state index in [9.17, 15) is 10.2 Å². The van der Waals surface area contributed by atoms with Gasteiger partial charge in [0.05, 0.1) is 0 Å². The molecule has 15 heavy (non-hydrogen) atoms. The Morgan fingerprint density at radius 2 is 2.07 bits per heavy atom. The lowest BCUT2D eigenvalue weighted by atomic mass is 9.81. The van der Waals surface area contributed by atoms with Crippen LogP contribution in [0.2, 0.25) is 5.02 Å². The largest absolute Gasteiger partial charge is 0.508 e. The molecule has 0 radical (unpaired) electrons. The molecule has 1 aromatic rings. The number of halogens is 1. The number of aliphatic hydroxyl groups is 1. The molecule has 0 aliphatic heterocycles. The van der Waals surface area contributed by atoms with Gasteiger partial charge in [-0.1, -0.05) is 25.4 Å². The molecule has 0 amide bonds. The second-order valence-corrected chi connectivity index (χ2v) is 4.76. The van der Waals surface area contributed by atoms with E-state index in [-0.39, 0.29) is 12.4 Å². The van der Waals surface area contributed by atoms with Gasteiger partial charge in [-0.3, -0.25) is 0 Å². The van der Waals surface area contributed by atoms with Crippen LogP contribution in [0, 0.1) is 5.41 Å². The third kappa shape index (κ3) is 2.62. The van der Waals surface area contributed by atoms with Crippen LogP contribution in [0.1, 0.15) is 25.5 Å². The number of aliphatic hydroxyl groups excluding tert-OH is 1. The van der Waals surface area contributed by atoms with Gasteiger partial charge in [0.25, 0.3) is 0 Å². The molecule has 84 valence electrons. The second-order valence-electron chi connectivity index (χ2n) is 4.33. The van der Waals surface area contributed by atoms with Crippen molar-refractivity contribution in [2.24, 2.45) is 11.1 Å². The highest BCUT2D eigenvalue weighted by Gasteiger charge is 2.28. The van der Waals surface area contributed by atoms with Crippen molar-refractivity contribution in [3.8, 4) is 5.75 Å². The van der Waals surface area contributed by atoms with Gasteiger partial charge in [-0.25, -0.2) is 0 Å². The minimum Gasteiger partial charge on any atom is -0.508 e. The standard InChI is InChI=1S/C11H16ClNO2/c1-11(2,6-14)10(13)8-5-7(12)3-4-9(8)15/h3-5,10,14-15H,6,13H2,1-2H3/t10-/m0/s1. The first-order valence-electron chi connectivity index (χ1n) is 4.73. The molecule has 0 fully saturated rings. The zero-order chi connectivity index (χ0) is 11.6. The summed E-state index contributed by atoms with van der Waals surface area (Å²) in [7, 11) is 0. The Hall–Kier alpha value is -0.770. The number of hydrogen-bond acceptors (Lipinski definition) is 3. The van der Waals surface area contributed by atoms with Crippen molar-refractivity contribution < 1.29 is 10.2 Å². The number of phenolic OH excluding ortho intramolecular Hbond substituents is 1. The van der Waals surface area contributed by atoms with E-state index in [0.717, 1.165) is 0 Å². The van der Waals surface area contributed by atoms with Crippen molar-refractivity contribution in [3.63, 3.8) is 0 Å². The third-order valence-electron chi connectivity index (χ3n) is 2.57. The Bertz CT molecular complexity index is 352. The first kappa shape index (κ1) is 12.3. The van der Waals surface area contributed by atoms with Crippen LogP contribution in [0.15, 0.2) is 18.2 Å². The molecule has 0 unspecified atom stereocenters. The molecule has 0 aliphatic carbocycles. The van der Waals surface area contributed by atoms with Crippen molar-refractivity contribution in [2.75, 3.05) is 6.61 Å². The molecule has 0 saturated heterocycles. The topological polar surface area (TPSA) is 66.5 Å². The predicted molar refractivity (Wildman–Crippen MR) is 60.9 cm³/mol. The van der Waals surface area contributed by atoms with E-state index in [1.54, 1.807) is 12.1 Å². The van der Waals surface area contributed by atoms with Gasteiger partial charge in [-0.15, -0.1) is 0 Å². The molecule has 0 saturated carbocycles. The molecule has 0 aliphatic rings. The average molecular weight is 230 g/mol. The van der Waals surface area contributed by atoms with Crippen LogP contribution < -0.4 is 5.73 Å². The molecule has 0 heterocycles. The van der Waals surface area contributed by atoms with E-state index >= 15 is 0 Å². The lowest BCUT2D eigenvalue weighted by molar-refractivity contribution is 0.131. The van der Waals surface area contributed by atoms with E-state index < -0.39 is 11.5 Å². The maximum Gasteiger partial charge on any atom is 0.120 e. The third-order valence-corrected chi connectivity index (χ3v) is 2.81. The van der Waals surface area contributed by atoms with Crippen molar-refractivity contribution in [3.05, 3.63) is 28.8 Å². The summed E-state index contributed by atoms with van der Waals surface area (Å²) in [6.45, 7) is 3.61. The van der Waals surface area contributed by atoms with E-state index in [0.29, 0.717) is 10.6 Å². The lowest BCUT2D eigenvalue weighted by Crippen LogP contribution is -2.32. The Balaban J connectivity index is 3.10. The number of hydrogen-bond donors (Lipinski definition) is 3. The molecular weight excluding hydrogens is 214 g/mol. The van der Waals surface area contributed by atoms with Gasteiger partial charge < -0.3 is 15.9 Å². The summed E-state index contributed by atoms with van der Waals surface area (Å²) in [6.07, 6.45) is 0. The molecule has 0 aromatic heterocycles. The number of phenols is 1. The van der Waals surface area contributed by atoms with Crippen molar-refractivity contribution in [2.45, 2.75) is 19.9 Å². The maximum atomic E-state index is 9.64. The molecule has 4 N–H and O–H groups in total. The summed E-state index contributed by atoms with van der Waals surface area (Å²) >= 11 is 5.83. The number of aromatic hydroxyl groups is 1. The molecule has 0 spiro atoms. The Morgan fingerprint density at radius 3 is 2.60 bits per heavy atom. The Kier molecular flexibility index (Phi) is 3.60. The van der Waals surface area contributed by atoms with Gasteiger partial charge in [0.2, 0.25) is 0 Å². The first-order chi connectivity index (χ1) is 6.88. The lowest BCUT2D eigenvalue weighted by Gasteiger charge is -2.30. The minimum absolute atomic E-state index is 0.0554. The van der Waals surface area contributed by atoms with Gasteiger partial charge in [0.1, 0.15) is 5.75 Å². The zero-order valence-electron chi connectivity index (χ0n) is 8.87. The fourth-order valence-electron chi connectivity index (χ4n) is 1.29. The van der Waals surface area contributed by atoms with E-state index in [1.807, 2.05) is 13.8 Å². The van der Waals surface area contributed by atoms with Crippen molar-refractivity contribution >= 4 is 11.6 Å². The van der Waals surface area contributed by atoms with Crippen LogP contribution in [0.25, 0.3) is 0 Å². The maximum absolute atomic E-state index is 9.64. The highest BCUT2D eigenvalue weighted by atomic mass is 35.5. The predicted octanol–water partition coefficient (Wildman–Crippen LogP) is 2.06. The number of benzene rings is 1. The summed E-state index contributed by atoms with van der Waals surface area (Å²) in [6, 6.07) is 4.27. The first-order valence-corrected chi connectivity index (χ1v) is 5.11. The van der Waals surface area contributed by atoms with Crippen LogP contribution in [0.4, 0.5) is 0 Å². The molecule has 4 heteroatoms. The summed E-state index contributed by atoms with van der Waals surface area (Å²) in [4.78, 5) is 0. The average Bonchev–Trinajstić information content (AvgIpc) is 2.20. The monoisotopic (exact) mass is 229 g/mol. The smallest absolute Gasteiger partial charge is 0.120 e. The van der Waals surface area contributed by atoms with Crippen LogP contribution in [0.5, 0.6) is 5.75 Å². The second kappa shape index (κ2) is 4.39. The fourth-order valence-corrected chi connectivity index (χ4v) is 1.47. The van der Waals surface area contributed by atoms with Crippen LogP contribution in [0.3, 0.4) is 0 Å². The van der Waals surface area contributed by atoms with Crippen molar-refractivity contribution in [1.29, 1.82) is 0 Å². The molecule has 1 rings (SSSR count). The van der Waals surface area contributed by atoms with Gasteiger partial charge >= 0.3 is 0 Å². The molecule has 1 atom stereocenters. The fraction of sp³-hybridized carbons (Fsp3) is 0.455. The Labute approximate surface area is 94.5 Å². The summed E-state index contributed by atoms with van der Waals surface area (Å²) < 4.78 is 0. The quantitative estimate of drug-likeness (QED) is 0.743. The normalized spacial score (nSPS) is 13.9. The molecule has 0 bridgehead atoms. The summed E-state index contributed by atoms with van der Waals surface area (Å²) in [5, 5.41) is 19.4. The van der Waals surface area contributed by atoms with Gasteiger partial charge in [-0.05, 0) is 18.2 Å². The summed E-state index contributed by atoms with van der Waals surface area (Å²) in [5.41, 5.74) is 6.03. The SMILES string of the molecule is CC(C)(CO)[C@@H](N)c1cc(Cl)ccc1O. The number of rotatable bonds is 3. The highest BCUT2D eigenvalue weighted by molar-refractivity contribution is 6.30. The highest BCUT2D eigenvalue weighted by Crippen LogP contribution is 2.36. The molecular formula is C11H16ClNO2. The van der Waals surface area contributed by atoms with E-state index in [1.165, 1.54) is 6.07 Å². The van der Waals surface area contributed by atoms with Crippen molar-refractivity contribution in [1.82, 2.24) is 0 Å². The van der Waals surface area contributed by atoms with E-state index in [2.05, 4.69) is 0 Å². The van der Waals surface area contributed by atoms with Gasteiger partial charge in [-0.2, -0.15) is 0 Å². The van der Waals surface area contributed by atoms with Crippen LogP contribution >= 0.6 is 11.6 Å². The molecule has 3 nitrogen and oxygen atoms in total. The van der Waals surface area contributed by atoms with Crippen LogP contribution in [-0.2, 0) is 0 Å². The Morgan fingerprint density at radius 1 is 1.47 bits per heavy atom. The molecule has 1 aromatic carbocycles. The number of nitrogens with two attached hydrogens (primary N) is 1. The van der Waals surface area contributed by atoms with Gasteiger partial charge in [0, 0.05) is 28.6 Å². The zero-order valence-corrected chi connectivity index (χ0v) is 9.62.